The first-order valence-electron chi connectivity index (χ1n) is 6.91. The van der Waals surface area contributed by atoms with Crippen molar-refractivity contribution in [3.63, 3.8) is 0 Å². The lowest BCUT2D eigenvalue weighted by Gasteiger charge is -2.12. The zero-order valence-corrected chi connectivity index (χ0v) is 12.9. The van der Waals surface area contributed by atoms with Gasteiger partial charge in [-0.25, -0.2) is 0 Å². The monoisotopic (exact) mass is 289 g/mol. The molecule has 0 radical (unpaired) electrons. The van der Waals surface area contributed by atoms with Gasteiger partial charge in [-0.3, -0.25) is 9.59 Å². The molecular weight excluding hydrogens is 266 g/mol. The fourth-order valence-corrected chi connectivity index (χ4v) is 1.66. The quantitative estimate of drug-likeness (QED) is 0.591. The second kappa shape index (κ2) is 8.09. The number of nitrogens with zero attached hydrogens (tertiary/aromatic N) is 1. The second-order valence-corrected chi connectivity index (χ2v) is 5.09. The summed E-state index contributed by atoms with van der Waals surface area (Å²) < 4.78 is 0. The minimum Gasteiger partial charge on any atom is -0.378 e. The van der Waals surface area contributed by atoms with E-state index < -0.39 is 0 Å². The van der Waals surface area contributed by atoms with Gasteiger partial charge in [-0.05, 0) is 37.6 Å². The third kappa shape index (κ3) is 5.69. The van der Waals surface area contributed by atoms with Gasteiger partial charge in [0.05, 0.1) is 0 Å². The van der Waals surface area contributed by atoms with Gasteiger partial charge < -0.3 is 15.5 Å². The van der Waals surface area contributed by atoms with Gasteiger partial charge >= 0.3 is 0 Å². The number of nitrogens with one attached hydrogen (secondary N) is 2. The van der Waals surface area contributed by atoms with Crippen LogP contribution in [-0.2, 0) is 4.79 Å². The van der Waals surface area contributed by atoms with E-state index in [1.807, 2.05) is 31.1 Å². The normalized spacial score (nSPS) is 9.86. The lowest BCUT2D eigenvalue weighted by molar-refractivity contribution is -0.117. The molecule has 0 aliphatic heterocycles. The summed E-state index contributed by atoms with van der Waals surface area (Å²) in [5, 5.41) is 5.54. The number of amides is 2. The zero-order chi connectivity index (χ0) is 15.8. The lowest BCUT2D eigenvalue weighted by Crippen LogP contribution is -2.30. The molecule has 0 aliphatic carbocycles. The molecule has 0 aromatic heterocycles. The van der Waals surface area contributed by atoms with Gasteiger partial charge in [-0.15, -0.1) is 0 Å². The molecule has 0 saturated carbocycles. The van der Waals surface area contributed by atoms with Crippen molar-refractivity contribution < 1.29 is 9.59 Å². The highest BCUT2D eigenvalue weighted by atomic mass is 16.2. The molecule has 2 N–H and O–H groups in total. The predicted octanol–water partition coefficient (Wildman–Crippen LogP) is 1.56. The van der Waals surface area contributed by atoms with Crippen LogP contribution < -0.4 is 15.5 Å². The molecule has 1 aromatic rings. The molecule has 0 bridgehead atoms. The third-order valence-electron chi connectivity index (χ3n) is 2.96. The highest BCUT2D eigenvalue weighted by Crippen LogP contribution is 2.11. The van der Waals surface area contributed by atoms with Gasteiger partial charge in [0.15, 0.2) is 0 Å². The summed E-state index contributed by atoms with van der Waals surface area (Å²) in [5.74, 6) is -0.257. The number of benzene rings is 1. The van der Waals surface area contributed by atoms with Crippen molar-refractivity contribution in [1.29, 1.82) is 0 Å². The van der Waals surface area contributed by atoms with E-state index in [2.05, 4.69) is 17.2 Å². The molecule has 0 saturated heterocycles. The Morgan fingerprint density at radius 1 is 1.10 bits per heavy atom. The van der Waals surface area contributed by atoms with Gasteiger partial charge in [0.1, 0.15) is 0 Å². The van der Waals surface area contributed by atoms with Crippen molar-refractivity contribution >= 4 is 17.5 Å². The van der Waals surface area contributed by atoms with E-state index in [1.54, 1.807) is 19.1 Å². The number of hydrogen-bond acceptors (Lipinski definition) is 3. The Bertz CT molecular complexity index is 507. The summed E-state index contributed by atoms with van der Waals surface area (Å²) in [6.45, 7) is 6.26. The molecule has 5 heteroatoms. The molecule has 1 rings (SSSR count). The Morgan fingerprint density at radius 2 is 1.67 bits per heavy atom. The van der Waals surface area contributed by atoms with Gasteiger partial charge in [-0.1, -0.05) is 6.58 Å². The average Bonchev–Trinajstić information content (AvgIpc) is 2.46. The van der Waals surface area contributed by atoms with Crippen LogP contribution in [-0.4, -0.2) is 39.0 Å². The lowest BCUT2D eigenvalue weighted by atomic mass is 10.2. The van der Waals surface area contributed by atoms with Crippen molar-refractivity contribution in [2.75, 3.05) is 32.1 Å². The van der Waals surface area contributed by atoms with Crippen LogP contribution >= 0.6 is 0 Å². The van der Waals surface area contributed by atoms with E-state index in [0.717, 1.165) is 5.69 Å². The van der Waals surface area contributed by atoms with Gasteiger partial charge in [-0.2, -0.15) is 0 Å². The van der Waals surface area contributed by atoms with E-state index in [9.17, 15) is 9.59 Å². The average molecular weight is 289 g/mol. The van der Waals surface area contributed by atoms with E-state index in [-0.39, 0.29) is 11.8 Å². The van der Waals surface area contributed by atoms with Crippen molar-refractivity contribution in [2.24, 2.45) is 0 Å². The number of carbonyl (C=O) groups excluding carboxylic acids is 2. The Balaban J connectivity index is 2.31. The first kappa shape index (κ1) is 16.8. The molecule has 2 amide bonds. The molecular formula is C16H23N3O2. The molecule has 0 unspecified atom stereocenters. The molecule has 0 heterocycles. The summed E-state index contributed by atoms with van der Waals surface area (Å²) in [7, 11) is 3.91. The highest BCUT2D eigenvalue weighted by Gasteiger charge is 2.05. The fraction of sp³-hybridized carbons (Fsp3) is 0.375. The molecule has 114 valence electrons. The van der Waals surface area contributed by atoms with Crippen LogP contribution in [0, 0.1) is 0 Å². The fourth-order valence-electron chi connectivity index (χ4n) is 1.66. The van der Waals surface area contributed by atoms with Gasteiger partial charge in [0.25, 0.3) is 5.91 Å². The molecule has 5 nitrogen and oxygen atoms in total. The minimum atomic E-state index is -0.152. The number of anilines is 1. The summed E-state index contributed by atoms with van der Waals surface area (Å²) >= 11 is 0. The van der Waals surface area contributed by atoms with Gasteiger partial charge in [0, 0.05) is 44.0 Å². The minimum absolute atomic E-state index is 0.105. The van der Waals surface area contributed by atoms with Crippen molar-refractivity contribution in [1.82, 2.24) is 10.6 Å². The number of carbonyl (C=O) groups is 2. The van der Waals surface area contributed by atoms with E-state index in [0.29, 0.717) is 30.6 Å². The molecule has 0 spiro atoms. The van der Waals surface area contributed by atoms with Crippen LogP contribution in [0.3, 0.4) is 0 Å². The van der Waals surface area contributed by atoms with Crippen molar-refractivity contribution in [3.05, 3.63) is 42.0 Å². The SMILES string of the molecule is C=C(C)C(=O)NCCCNC(=O)c1ccc(N(C)C)cc1. The van der Waals surface area contributed by atoms with Crippen molar-refractivity contribution in [2.45, 2.75) is 13.3 Å². The maximum atomic E-state index is 11.9. The van der Waals surface area contributed by atoms with Crippen LogP contribution in [0.15, 0.2) is 36.4 Å². The van der Waals surface area contributed by atoms with E-state index in [1.165, 1.54) is 0 Å². The third-order valence-corrected chi connectivity index (χ3v) is 2.96. The van der Waals surface area contributed by atoms with Crippen LogP contribution in [0.1, 0.15) is 23.7 Å². The smallest absolute Gasteiger partial charge is 0.251 e. The van der Waals surface area contributed by atoms with Crippen LogP contribution in [0.5, 0.6) is 0 Å². The maximum absolute atomic E-state index is 11.9. The number of rotatable bonds is 7. The predicted molar refractivity (Wildman–Crippen MR) is 85.5 cm³/mol. The Labute approximate surface area is 126 Å². The Kier molecular flexibility index (Phi) is 6.46. The zero-order valence-electron chi connectivity index (χ0n) is 12.9. The second-order valence-electron chi connectivity index (χ2n) is 5.09. The van der Waals surface area contributed by atoms with Crippen LogP contribution in [0.2, 0.25) is 0 Å². The summed E-state index contributed by atoms with van der Waals surface area (Å²) in [6.07, 6.45) is 0.681. The summed E-state index contributed by atoms with van der Waals surface area (Å²) in [6, 6.07) is 7.41. The van der Waals surface area contributed by atoms with Crippen LogP contribution in [0.25, 0.3) is 0 Å². The molecule has 0 fully saturated rings. The standard InChI is InChI=1S/C16H23N3O2/c1-12(2)15(20)17-10-5-11-18-16(21)13-6-8-14(9-7-13)19(3)4/h6-9H,1,5,10-11H2,2-4H3,(H,17,20)(H,18,21). The first-order valence-corrected chi connectivity index (χ1v) is 6.91. The molecule has 1 aromatic carbocycles. The Hall–Kier alpha value is -2.30. The van der Waals surface area contributed by atoms with Crippen LogP contribution in [0.4, 0.5) is 5.69 Å². The highest BCUT2D eigenvalue weighted by molar-refractivity contribution is 5.94. The molecule has 0 atom stereocenters. The van der Waals surface area contributed by atoms with E-state index in [4.69, 9.17) is 0 Å². The summed E-state index contributed by atoms with van der Waals surface area (Å²) in [4.78, 5) is 25.1. The first-order chi connectivity index (χ1) is 9.91. The van der Waals surface area contributed by atoms with Gasteiger partial charge in [0.2, 0.25) is 5.91 Å². The summed E-state index contributed by atoms with van der Waals surface area (Å²) in [5.41, 5.74) is 2.17. The number of hydrogen-bond donors (Lipinski definition) is 2. The topological polar surface area (TPSA) is 61.4 Å². The largest absolute Gasteiger partial charge is 0.378 e. The van der Waals surface area contributed by atoms with Crippen molar-refractivity contribution in [3.8, 4) is 0 Å². The maximum Gasteiger partial charge on any atom is 0.251 e. The Morgan fingerprint density at radius 3 is 2.19 bits per heavy atom. The molecule has 21 heavy (non-hydrogen) atoms. The van der Waals surface area contributed by atoms with E-state index >= 15 is 0 Å². The molecule has 0 aliphatic rings.